The monoisotopic (exact) mass is 306 g/mol. The van der Waals surface area contributed by atoms with Crippen LogP contribution >= 0.6 is 11.6 Å². The van der Waals surface area contributed by atoms with Crippen LogP contribution in [0.4, 0.5) is 0 Å². The van der Waals surface area contributed by atoms with E-state index in [-0.39, 0.29) is 5.75 Å². The Morgan fingerprint density at radius 3 is 2.05 bits per heavy atom. The third-order valence-corrected chi connectivity index (χ3v) is 3.31. The van der Waals surface area contributed by atoms with Crippen LogP contribution in [0.1, 0.15) is 10.9 Å². The van der Waals surface area contributed by atoms with Gasteiger partial charge in [0, 0.05) is 0 Å². The molecule has 0 saturated heterocycles. The van der Waals surface area contributed by atoms with Gasteiger partial charge in [0.1, 0.15) is 0 Å². The molecule has 5 heteroatoms. The van der Waals surface area contributed by atoms with E-state index in [2.05, 4.69) is 0 Å². The first-order chi connectivity index (χ1) is 10.2. The van der Waals surface area contributed by atoms with Crippen molar-refractivity contribution >= 4 is 17.6 Å². The summed E-state index contributed by atoms with van der Waals surface area (Å²) in [6.07, 6.45) is 0. The lowest BCUT2D eigenvalue weighted by Crippen LogP contribution is -2.15. The zero-order chi connectivity index (χ0) is 15.2. The van der Waals surface area contributed by atoms with Gasteiger partial charge in [-0.05, 0) is 17.7 Å². The first kappa shape index (κ1) is 15.2. The molecule has 2 aromatic rings. The molecule has 0 saturated carbocycles. The number of para-hydroxylation sites is 1. The Balaban J connectivity index is 2.24. The molecule has 0 fully saturated rings. The lowest BCUT2D eigenvalue weighted by molar-refractivity contribution is -0.134. The standard InChI is InChI=1S/C16H15ClO4/c1-19-12-9-6-10-13(20-2)15(12)21-16(18)14(17)11-7-4-3-5-8-11/h3-10,14H,1-2H3/t14-/m1/s1. The van der Waals surface area contributed by atoms with E-state index < -0.39 is 11.3 Å². The fourth-order valence-corrected chi connectivity index (χ4v) is 2.02. The van der Waals surface area contributed by atoms with Crippen LogP contribution in [0.25, 0.3) is 0 Å². The van der Waals surface area contributed by atoms with E-state index >= 15 is 0 Å². The van der Waals surface area contributed by atoms with Gasteiger partial charge in [-0.3, -0.25) is 0 Å². The SMILES string of the molecule is COc1cccc(OC)c1OC(=O)[C@H](Cl)c1ccccc1. The maximum Gasteiger partial charge on any atom is 0.334 e. The number of hydrogen-bond donors (Lipinski definition) is 0. The number of benzene rings is 2. The topological polar surface area (TPSA) is 44.8 Å². The fourth-order valence-electron chi connectivity index (χ4n) is 1.83. The molecule has 0 N–H and O–H groups in total. The van der Waals surface area contributed by atoms with Gasteiger partial charge in [0.05, 0.1) is 14.2 Å². The smallest absolute Gasteiger partial charge is 0.334 e. The number of alkyl halides is 1. The second-order valence-electron chi connectivity index (χ2n) is 4.19. The lowest BCUT2D eigenvalue weighted by atomic mass is 10.1. The summed E-state index contributed by atoms with van der Waals surface area (Å²) < 4.78 is 15.7. The second kappa shape index (κ2) is 6.99. The van der Waals surface area contributed by atoms with E-state index in [1.807, 2.05) is 18.2 Å². The molecule has 1 atom stereocenters. The molecule has 0 spiro atoms. The molecule has 0 amide bonds. The van der Waals surface area contributed by atoms with Gasteiger partial charge >= 0.3 is 5.97 Å². The van der Waals surface area contributed by atoms with E-state index in [0.717, 1.165) is 0 Å². The van der Waals surface area contributed by atoms with E-state index in [9.17, 15) is 4.79 Å². The van der Waals surface area contributed by atoms with Crippen molar-refractivity contribution in [1.82, 2.24) is 0 Å². The van der Waals surface area contributed by atoms with Crippen molar-refractivity contribution in [2.45, 2.75) is 5.38 Å². The van der Waals surface area contributed by atoms with Crippen molar-refractivity contribution in [2.75, 3.05) is 14.2 Å². The molecule has 4 nitrogen and oxygen atoms in total. The number of halogens is 1. The summed E-state index contributed by atoms with van der Waals surface area (Å²) in [7, 11) is 2.98. The Hall–Kier alpha value is -2.20. The van der Waals surface area contributed by atoms with E-state index in [1.165, 1.54) is 14.2 Å². The van der Waals surface area contributed by atoms with Crippen LogP contribution in [0, 0.1) is 0 Å². The lowest BCUT2D eigenvalue weighted by Gasteiger charge is -2.14. The second-order valence-corrected chi connectivity index (χ2v) is 4.62. The molecule has 2 aromatic carbocycles. The van der Waals surface area contributed by atoms with Crippen LogP contribution in [0.3, 0.4) is 0 Å². The molecule has 21 heavy (non-hydrogen) atoms. The summed E-state index contributed by atoms with van der Waals surface area (Å²) in [5.41, 5.74) is 0.665. The first-order valence-electron chi connectivity index (χ1n) is 6.29. The van der Waals surface area contributed by atoms with Gasteiger partial charge in [0.2, 0.25) is 5.75 Å². The number of rotatable bonds is 5. The van der Waals surface area contributed by atoms with Gasteiger partial charge < -0.3 is 14.2 Å². The zero-order valence-electron chi connectivity index (χ0n) is 11.7. The molecule has 0 aromatic heterocycles. The summed E-state index contributed by atoms with van der Waals surface area (Å²) in [6, 6.07) is 14.1. The molecule has 0 aliphatic rings. The van der Waals surface area contributed by atoms with E-state index in [1.54, 1.807) is 30.3 Å². The van der Waals surface area contributed by atoms with Crippen molar-refractivity contribution in [1.29, 1.82) is 0 Å². The average Bonchev–Trinajstić information content (AvgIpc) is 2.55. The highest BCUT2D eigenvalue weighted by Crippen LogP contribution is 2.38. The summed E-state index contributed by atoms with van der Waals surface area (Å²) in [6.45, 7) is 0. The maximum absolute atomic E-state index is 12.2. The van der Waals surface area contributed by atoms with Gasteiger partial charge in [-0.25, -0.2) is 4.79 Å². The van der Waals surface area contributed by atoms with Crippen LogP contribution in [0.15, 0.2) is 48.5 Å². The summed E-state index contributed by atoms with van der Waals surface area (Å²) in [5.74, 6) is 0.430. The molecular weight excluding hydrogens is 292 g/mol. The third-order valence-electron chi connectivity index (χ3n) is 2.88. The molecule has 0 bridgehead atoms. The Kier molecular flexibility index (Phi) is 5.06. The highest BCUT2D eigenvalue weighted by atomic mass is 35.5. The minimum absolute atomic E-state index is 0.217. The molecular formula is C16H15ClO4. The summed E-state index contributed by atoms with van der Waals surface area (Å²) in [4.78, 5) is 12.2. The highest BCUT2D eigenvalue weighted by molar-refractivity contribution is 6.30. The Bertz CT molecular complexity index is 591. The van der Waals surface area contributed by atoms with Crippen molar-refractivity contribution < 1.29 is 19.0 Å². The molecule has 2 rings (SSSR count). The molecule has 0 heterocycles. The maximum atomic E-state index is 12.2. The minimum Gasteiger partial charge on any atom is -0.493 e. The Labute approximate surface area is 128 Å². The molecule has 0 unspecified atom stereocenters. The predicted octanol–water partition coefficient (Wildman–Crippen LogP) is 3.59. The number of hydrogen-bond acceptors (Lipinski definition) is 4. The molecule has 0 aliphatic carbocycles. The van der Waals surface area contributed by atoms with Crippen molar-refractivity contribution in [3.8, 4) is 17.2 Å². The number of carbonyl (C=O) groups excluding carboxylic acids is 1. The predicted molar refractivity (Wildman–Crippen MR) is 80.2 cm³/mol. The fraction of sp³-hybridized carbons (Fsp3) is 0.188. The summed E-state index contributed by atoms with van der Waals surface area (Å²) >= 11 is 6.14. The molecule has 0 aliphatic heterocycles. The number of ether oxygens (including phenoxy) is 3. The normalized spacial score (nSPS) is 11.6. The third kappa shape index (κ3) is 3.47. The van der Waals surface area contributed by atoms with Crippen LogP contribution in [0.2, 0.25) is 0 Å². The van der Waals surface area contributed by atoms with Gasteiger partial charge in [-0.15, -0.1) is 11.6 Å². The van der Waals surface area contributed by atoms with E-state index in [0.29, 0.717) is 17.1 Å². The summed E-state index contributed by atoms with van der Waals surface area (Å²) in [5, 5.41) is -0.902. The minimum atomic E-state index is -0.902. The average molecular weight is 307 g/mol. The number of esters is 1. The van der Waals surface area contributed by atoms with Crippen LogP contribution in [-0.2, 0) is 4.79 Å². The Morgan fingerprint density at radius 2 is 1.52 bits per heavy atom. The van der Waals surface area contributed by atoms with Crippen molar-refractivity contribution in [2.24, 2.45) is 0 Å². The van der Waals surface area contributed by atoms with Gasteiger partial charge in [-0.1, -0.05) is 36.4 Å². The highest BCUT2D eigenvalue weighted by Gasteiger charge is 2.23. The van der Waals surface area contributed by atoms with Gasteiger partial charge in [-0.2, -0.15) is 0 Å². The van der Waals surface area contributed by atoms with Gasteiger partial charge in [0.15, 0.2) is 16.9 Å². The van der Waals surface area contributed by atoms with Gasteiger partial charge in [0.25, 0.3) is 0 Å². The van der Waals surface area contributed by atoms with Crippen LogP contribution < -0.4 is 14.2 Å². The quantitative estimate of drug-likeness (QED) is 0.481. The van der Waals surface area contributed by atoms with E-state index in [4.69, 9.17) is 25.8 Å². The van der Waals surface area contributed by atoms with Crippen LogP contribution in [-0.4, -0.2) is 20.2 Å². The number of methoxy groups -OCH3 is 2. The largest absolute Gasteiger partial charge is 0.493 e. The first-order valence-corrected chi connectivity index (χ1v) is 6.72. The van der Waals surface area contributed by atoms with Crippen LogP contribution in [0.5, 0.6) is 17.2 Å². The molecule has 110 valence electrons. The zero-order valence-corrected chi connectivity index (χ0v) is 12.5. The number of carbonyl (C=O) groups is 1. The molecule has 0 radical (unpaired) electrons. The van der Waals surface area contributed by atoms with Crippen molar-refractivity contribution in [3.63, 3.8) is 0 Å². The van der Waals surface area contributed by atoms with Crippen molar-refractivity contribution in [3.05, 3.63) is 54.1 Å². The Morgan fingerprint density at radius 1 is 0.952 bits per heavy atom.